The predicted octanol–water partition coefficient (Wildman–Crippen LogP) is 2.34. The van der Waals surface area contributed by atoms with E-state index >= 15 is 0 Å². The molecule has 0 unspecified atom stereocenters. The Kier molecular flexibility index (Phi) is 4.23. The van der Waals surface area contributed by atoms with E-state index in [2.05, 4.69) is 31.4 Å². The molecular formula is C11H11BrN4O3. The second-order valence-electron chi connectivity index (χ2n) is 3.91. The topological polar surface area (TPSA) is 94.1 Å². The standard InChI is InChI=1S/C11H11BrN4O3/c1-7-14-11(15-19-7)6-13-5-8-2-9(12)4-10(3-8)16(17)18/h2-4,13H,5-6H2,1H3. The van der Waals surface area contributed by atoms with E-state index < -0.39 is 4.92 Å². The molecule has 1 N–H and O–H groups in total. The molecule has 1 aromatic carbocycles. The minimum atomic E-state index is -0.420. The number of nitro groups is 1. The smallest absolute Gasteiger partial charge is 0.270 e. The molecule has 1 heterocycles. The minimum absolute atomic E-state index is 0.0570. The molecule has 0 spiro atoms. The molecule has 0 bridgehead atoms. The third kappa shape index (κ3) is 3.83. The number of non-ortho nitro benzene ring substituents is 1. The Labute approximate surface area is 117 Å². The Morgan fingerprint density at radius 1 is 1.42 bits per heavy atom. The van der Waals surface area contributed by atoms with E-state index in [0.29, 0.717) is 29.3 Å². The first-order chi connectivity index (χ1) is 9.04. The molecule has 0 saturated heterocycles. The Bertz CT molecular complexity index is 599. The van der Waals surface area contributed by atoms with Crippen LogP contribution < -0.4 is 5.32 Å². The van der Waals surface area contributed by atoms with Gasteiger partial charge >= 0.3 is 0 Å². The molecule has 0 saturated carbocycles. The maximum absolute atomic E-state index is 10.7. The van der Waals surface area contributed by atoms with Crippen LogP contribution in [0.2, 0.25) is 0 Å². The number of hydrogen-bond acceptors (Lipinski definition) is 6. The van der Waals surface area contributed by atoms with Crippen molar-refractivity contribution in [2.75, 3.05) is 0 Å². The van der Waals surface area contributed by atoms with Crippen LogP contribution in [0.25, 0.3) is 0 Å². The molecule has 0 aliphatic carbocycles. The molecule has 0 aliphatic rings. The molecule has 100 valence electrons. The SMILES string of the molecule is Cc1nc(CNCc2cc(Br)cc([N+](=O)[O-])c2)no1. The lowest BCUT2D eigenvalue weighted by Crippen LogP contribution is -2.13. The highest BCUT2D eigenvalue weighted by atomic mass is 79.9. The number of aromatic nitrogens is 2. The van der Waals surface area contributed by atoms with Gasteiger partial charge in [0.25, 0.3) is 5.69 Å². The van der Waals surface area contributed by atoms with E-state index in [0.717, 1.165) is 5.56 Å². The molecule has 7 nitrogen and oxygen atoms in total. The zero-order valence-electron chi connectivity index (χ0n) is 10.1. The number of aryl methyl sites for hydroxylation is 1. The third-order valence-corrected chi connectivity index (χ3v) is 2.79. The molecular weight excluding hydrogens is 316 g/mol. The first-order valence-corrected chi connectivity index (χ1v) is 6.27. The highest BCUT2D eigenvalue weighted by molar-refractivity contribution is 9.10. The second-order valence-corrected chi connectivity index (χ2v) is 4.82. The second kappa shape index (κ2) is 5.89. The van der Waals surface area contributed by atoms with Gasteiger partial charge in [0.05, 0.1) is 11.5 Å². The van der Waals surface area contributed by atoms with Gasteiger partial charge in [0, 0.05) is 30.1 Å². The Hall–Kier alpha value is -1.80. The summed E-state index contributed by atoms with van der Waals surface area (Å²) in [6.07, 6.45) is 0. The van der Waals surface area contributed by atoms with E-state index in [1.165, 1.54) is 12.1 Å². The maximum atomic E-state index is 10.7. The van der Waals surface area contributed by atoms with Crippen molar-refractivity contribution in [1.29, 1.82) is 0 Å². The van der Waals surface area contributed by atoms with Crippen LogP contribution in [0.15, 0.2) is 27.2 Å². The average molecular weight is 327 g/mol. The molecule has 19 heavy (non-hydrogen) atoms. The van der Waals surface area contributed by atoms with Gasteiger partial charge in [-0.05, 0) is 11.6 Å². The van der Waals surface area contributed by atoms with Crippen LogP contribution in [0, 0.1) is 17.0 Å². The first kappa shape index (κ1) is 13.6. The predicted molar refractivity (Wildman–Crippen MR) is 70.4 cm³/mol. The lowest BCUT2D eigenvalue weighted by Gasteiger charge is -2.03. The van der Waals surface area contributed by atoms with Crippen molar-refractivity contribution < 1.29 is 9.45 Å². The summed E-state index contributed by atoms with van der Waals surface area (Å²) in [7, 11) is 0. The normalized spacial score (nSPS) is 10.6. The highest BCUT2D eigenvalue weighted by Gasteiger charge is 2.09. The van der Waals surface area contributed by atoms with E-state index in [-0.39, 0.29) is 5.69 Å². The fraction of sp³-hybridized carbons (Fsp3) is 0.273. The molecule has 1 aromatic heterocycles. The molecule has 2 aromatic rings. The maximum Gasteiger partial charge on any atom is 0.270 e. The molecule has 0 fully saturated rings. The van der Waals surface area contributed by atoms with Gasteiger partial charge in [-0.2, -0.15) is 4.98 Å². The highest BCUT2D eigenvalue weighted by Crippen LogP contribution is 2.21. The number of rotatable bonds is 5. The van der Waals surface area contributed by atoms with Crippen LogP contribution in [0.1, 0.15) is 17.3 Å². The first-order valence-electron chi connectivity index (χ1n) is 5.48. The largest absolute Gasteiger partial charge is 0.340 e. The minimum Gasteiger partial charge on any atom is -0.340 e. The van der Waals surface area contributed by atoms with Gasteiger partial charge in [0.1, 0.15) is 0 Å². The van der Waals surface area contributed by atoms with Crippen LogP contribution in [0.4, 0.5) is 5.69 Å². The quantitative estimate of drug-likeness (QED) is 0.669. The monoisotopic (exact) mass is 326 g/mol. The number of nitrogens with zero attached hydrogens (tertiary/aromatic N) is 3. The van der Waals surface area contributed by atoms with Crippen molar-refractivity contribution in [2.45, 2.75) is 20.0 Å². The van der Waals surface area contributed by atoms with Crippen molar-refractivity contribution in [3.8, 4) is 0 Å². The fourth-order valence-corrected chi connectivity index (χ4v) is 2.10. The van der Waals surface area contributed by atoms with Gasteiger partial charge < -0.3 is 9.84 Å². The molecule has 0 atom stereocenters. The summed E-state index contributed by atoms with van der Waals surface area (Å²) < 4.78 is 5.51. The summed E-state index contributed by atoms with van der Waals surface area (Å²) >= 11 is 3.25. The number of halogens is 1. The Morgan fingerprint density at radius 2 is 2.21 bits per heavy atom. The summed E-state index contributed by atoms with van der Waals surface area (Å²) in [4.78, 5) is 14.4. The van der Waals surface area contributed by atoms with Gasteiger partial charge in [0.15, 0.2) is 5.82 Å². The number of nitrogens with one attached hydrogen (secondary N) is 1. The van der Waals surface area contributed by atoms with Crippen molar-refractivity contribution in [1.82, 2.24) is 15.5 Å². The van der Waals surface area contributed by atoms with Crippen molar-refractivity contribution in [2.24, 2.45) is 0 Å². The van der Waals surface area contributed by atoms with Crippen LogP contribution in [0.3, 0.4) is 0 Å². The fourth-order valence-electron chi connectivity index (χ4n) is 1.57. The van der Waals surface area contributed by atoms with Crippen molar-refractivity contribution >= 4 is 21.6 Å². The molecule has 8 heteroatoms. The lowest BCUT2D eigenvalue weighted by molar-refractivity contribution is -0.385. The number of hydrogen-bond donors (Lipinski definition) is 1. The van der Waals surface area contributed by atoms with Crippen LogP contribution in [-0.2, 0) is 13.1 Å². The summed E-state index contributed by atoms with van der Waals surface area (Å²) in [5.41, 5.74) is 0.864. The zero-order valence-corrected chi connectivity index (χ0v) is 11.7. The van der Waals surface area contributed by atoms with Gasteiger partial charge in [0.2, 0.25) is 5.89 Å². The Morgan fingerprint density at radius 3 is 2.84 bits per heavy atom. The van der Waals surface area contributed by atoms with E-state index in [9.17, 15) is 10.1 Å². The van der Waals surface area contributed by atoms with Crippen LogP contribution >= 0.6 is 15.9 Å². The van der Waals surface area contributed by atoms with Crippen LogP contribution in [-0.4, -0.2) is 15.1 Å². The Balaban J connectivity index is 1.97. The summed E-state index contributed by atoms with van der Waals surface area (Å²) in [6.45, 7) is 2.64. The van der Waals surface area contributed by atoms with E-state index in [1.54, 1.807) is 6.92 Å². The van der Waals surface area contributed by atoms with Crippen LogP contribution in [0.5, 0.6) is 0 Å². The lowest BCUT2D eigenvalue weighted by atomic mass is 10.2. The number of benzene rings is 1. The molecule has 0 radical (unpaired) electrons. The van der Waals surface area contributed by atoms with E-state index in [1.807, 2.05) is 6.07 Å². The van der Waals surface area contributed by atoms with E-state index in [4.69, 9.17) is 4.52 Å². The van der Waals surface area contributed by atoms with Gasteiger partial charge in [-0.15, -0.1) is 0 Å². The third-order valence-electron chi connectivity index (χ3n) is 2.34. The summed E-state index contributed by atoms with van der Waals surface area (Å²) in [5, 5.41) is 17.6. The van der Waals surface area contributed by atoms with Gasteiger partial charge in [-0.3, -0.25) is 10.1 Å². The summed E-state index contributed by atoms with van der Waals surface area (Å²) in [6, 6.07) is 4.81. The number of nitro benzene ring substituents is 1. The van der Waals surface area contributed by atoms with Crippen molar-refractivity contribution in [3.63, 3.8) is 0 Å². The zero-order chi connectivity index (χ0) is 13.8. The van der Waals surface area contributed by atoms with Gasteiger partial charge in [-0.1, -0.05) is 21.1 Å². The molecule has 2 rings (SSSR count). The average Bonchev–Trinajstić information content (AvgIpc) is 2.74. The van der Waals surface area contributed by atoms with Gasteiger partial charge in [-0.25, -0.2) is 0 Å². The molecule has 0 amide bonds. The summed E-state index contributed by atoms with van der Waals surface area (Å²) in [5.74, 6) is 1.07. The van der Waals surface area contributed by atoms with Crippen molar-refractivity contribution in [3.05, 3.63) is 50.1 Å². The molecule has 0 aliphatic heterocycles.